The molecule has 0 atom stereocenters. The van der Waals surface area contributed by atoms with Crippen LogP contribution in [0.3, 0.4) is 0 Å². The summed E-state index contributed by atoms with van der Waals surface area (Å²) < 4.78 is 0. The first-order valence-corrected chi connectivity index (χ1v) is 5.31. The van der Waals surface area contributed by atoms with Crippen molar-refractivity contribution < 1.29 is 10.1 Å². The summed E-state index contributed by atoms with van der Waals surface area (Å²) in [6.07, 6.45) is 1.83. The van der Waals surface area contributed by atoms with Crippen LogP contribution >= 0.6 is 11.6 Å². The monoisotopic (exact) mass is 235 g/mol. The lowest BCUT2D eigenvalue weighted by atomic mass is 10.2. The molecule has 3 nitrogen and oxygen atoms in total. The third-order valence-corrected chi connectivity index (χ3v) is 2.45. The first-order chi connectivity index (χ1) is 7.75. The van der Waals surface area contributed by atoms with Crippen LogP contribution in [0.4, 0.5) is 5.82 Å². The molecule has 0 aliphatic heterocycles. The summed E-state index contributed by atoms with van der Waals surface area (Å²) >= 11 is 5.85. The van der Waals surface area contributed by atoms with E-state index < -0.39 is 0 Å². The van der Waals surface area contributed by atoms with Crippen molar-refractivity contribution in [2.45, 2.75) is 6.54 Å². The van der Waals surface area contributed by atoms with Gasteiger partial charge in [0.1, 0.15) is 12.3 Å². The second kappa shape index (κ2) is 4.86. The van der Waals surface area contributed by atoms with E-state index in [-0.39, 0.29) is 5.75 Å². The molecule has 2 rings (SSSR count). The van der Waals surface area contributed by atoms with Gasteiger partial charge in [-0.05, 0) is 24.3 Å². The molecule has 1 aromatic heterocycles. The van der Waals surface area contributed by atoms with Gasteiger partial charge in [0, 0.05) is 16.7 Å². The number of anilines is 1. The summed E-state index contributed by atoms with van der Waals surface area (Å²) in [6, 6.07) is 10.7. The van der Waals surface area contributed by atoms with Gasteiger partial charge in [0.15, 0.2) is 0 Å². The van der Waals surface area contributed by atoms with Crippen LogP contribution in [-0.2, 0) is 6.54 Å². The Kier molecular flexibility index (Phi) is 3.27. The predicted molar refractivity (Wildman–Crippen MR) is 63.4 cm³/mol. The molecule has 16 heavy (non-hydrogen) atoms. The van der Waals surface area contributed by atoms with Crippen LogP contribution in [0.2, 0.25) is 5.02 Å². The number of phenolic OH excluding ortho intramolecular Hbond substituents is 1. The van der Waals surface area contributed by atoms with E-state index in [2.05, 4.69) is 10.3 Å². The topological polar surface area (TPSA) is 46.4 Å². The molecule has 0 spiro atoms. The number of pyridine rings is 1. The number of aromatic nitrogens is 1. The highest BCUT2D eigenvalue weighted by atomic mass is 35.5. The Morgan fingerprint density at radius 3 is 2.88 bits per heavy atom. The molecule has 2 aromatic rings. The molecule has 1 heterocycles. The van der Waals surface area contributed by atoms with Crippen LogP contribution in [0.1, 0.15) is 5.56 Å². The molecule has 1 aromatic carbocycles. The Balaban J connectivity index is 2.08. The van der Waals surface area contributed by atoms with Crippen molar-refractivity contribution in [1.29, 1.82) is 0 Å². The maximum atomic E-state index is 9.60. The maximum Gasteiger partial charge on any atom is 0.272 e. The van der Waals surface area contributed by atoms with Crippen LogP contribution in [0.5, 0.6) is 5.75 Å². The highest BCUT2D eigenvalue weighted by molar-refractivity contribution is 6.30. The SMILES string of the molecule is Oc1ccc(Cl)cc1CNc1cccc[nH+]1. The number of benzene rings is 1. The van der Waals surface area contributed by atoms with Gasteiger partial charge in [0.2, 0.25) is 0 Å². The van der Waals surface area contributed by atoms with E-state index in [1.807, 2.05) is 24.4 Å². The first-order valence-electron chi connectivity index (χ1n) is 4.94. The predicted octanol–water partition coefficient (Wildman–Crippen LogP) is 2.47. The molecule has 0 amide bonds. The molecule has 3 N–H and O–H groups in total. The Morgan fingerprint density at radius 1 is 1.25 bits per heavy atom. The van der Waals surface area contributed by atoms with Crippen LogP contribution in [-0.4, -0.2) is 5.11 Å². The molecule has 0 saturated heterocycles. The van der Waals surface area contributed by atoms with Crippen molar-refractivity contribution in [3.8, 4) is 5.75 Å². The zero-order valence-electron chi connectivity index (χ0n) is 8.57. The Bertz CT molecular complexity index is 474. The fourth-order valence-corrected chi connectivity index (χ4v) is 1.58. The number of aromatic hydroxyl groups is 1. The number of rotatable bonds is 3. The number of aromatic amines is 1. The van der Waals surface area contributed by atoms with Gasteiger partial charge in [-0.2, -0.15) is 0 Å². The Labute approximate surface area is 98.7 Å². The minimum Gasteiger partial charge on any atom is -0.508 e. The lowest BCUT2D eigenvalue weighted by molar-refractivity contribution is -0.361. The van der Waals surface area contributed by atoms with Crippen molar-refractivity contribution in [2.75, 3.05) is 5.32 Å². The minimum atomic E-state index is 0.243. The van der Waals surface area contributed by atoms with Gasteiger partial charge in [-0.1, -0.05) is 17.7 Å². The fraction of sp³-hybridized carbons (Fsp3) is 0.0833. The number of halogens is 1. The van der Waals surface area contributed by atoms with Crippen LogP contribution < -0.4 is 10.3 Å². The average Bonchev–Trinajstić information content (AvgIpc) is 2.32. The number of phenols is 1. The van der Waals surface area contributed by atoms with Gasteiger partial charge in [-0.15, -0.1) is 0 Å². The van der Waals surface area contributed by atoms with Gasteiger partial charge in [0.25, 0.3) is 5.82 Å². The largest absolute Gasteiger partial charge is 0.508 e. The molecule has 4 heteroatoms. The molecule has 0 aliphatic rings. The van der Waals surface area contributed by atoms with E-state index in [4.69, 9.17) is 11.6 Å². The van der Waals surface area contributed by atoms with Crippen LogP contribution in [0.15, 0.2) is 42.6 Å². The number of hydrogen-bond donors (Lipinski definition) is 2. The van der Waals surface area contributed by atoms with E-state index in [9.17, 15) is 5.11 Å². The summed E-state index contributed by atoms with van der Waals surface area (Å²) in [5, 5.41) is 13.4. The molecule has 0 bridgehead atoms. The van der Waals surface area contributed by atoms with Gasteiger partial charge in [-0.25, -0.2) is 4.98 Å². The summed E-state index contributed by atoms with van der Waals surface area (Å²) in [5.41, 5.74) is 0.768. The van der Waals surface area contributed by atoms with Crippen molar-refractivity contribution in [3.63, 3.8) is 0 Å². The number of nitrogens with one attached hydrogen (secondary N) is 2. The Morgan fingerprint density at radius 2 is 2.12 bits per heavy atom. The maximum absolute atomic E-state index is 9.60. The molecule has 82 valence electrons. The standard InChI is InChI=1S/C12H11ClN2O/c13-10-4-5-11(16)9(7-10)8-15-12-3-1-2-6-14-12/h1-7,16H,8H2,(H,14,15)/p+1. The van der Waals surface area contributed by atoms with E-state index in [1.54, 1.807) is 18.2 Å². The molecular formula is C12H12ClN2O+. The second-order valence-electron chi connectivity index (χ2n) is 3.40. The van der Waals surface area contributed by atoms with Crippen molar-refractivity contribution in [2.24, 2.45) is 0 Å². The van der Waals surface area contributed by atoms with E-state index in [0.717, 1.165) is 11.4 Å². The Hall–Kier alpha value is -1.74. The van der Waals surface area contributed by atoms with Crippen molar-refractivity contribution >= 4 is 17.4 Å². The molecule has 0 saturated carbocycles. The number of H-pyrrole nitrogens is 1. The summed E-state index contributed by atoms with van der Waals surface area (Å²) in [7, 11) is 0. The van der Waals surface area contributed by atoms with E-state index >= 15 is 0 Å². The van der Waals surface area contributed by atoms with Crippen molar-refractivity contribution in [3.05, 3.63) is 53.2 Å². The zero-order chi connectivity index (χ0) is 11.4. The van der Waals surface area contributed by atoms with Gasteiger partial charge < -0.3 is 5.11 Å². The zero-order valence-corrected chi connectivity index (χ0v) is 9.33. The molecule has 0 radical (unpaired) electrons. The van der Waals surface area contributed by atoms with Crippen molar-refractivity contribution in [1.82, 2.24) is 0 Å². The molecule has 0 aliphatic carbocycles. The second-order valence-corrected chi connectivity index (χ2v) is 3.84. The lowest BCUT2D eigenvalue weighted by Crippen LogP contribution is -2.11. The minimum absolute atomic E-state index is 0.243. The summed E-state index contributed by atoms with van der Waals surface area (Å²) in [4.78, 5) is 3.05. The third kappa shape index (κ3) is 2.64. The first kappa shape index (κ1) is 10.8. The van der Waals surface area contributed by atoms with Gasteiger partial charge >= 0.3 is 0 Å². The van der Waals surface area contributed by atoms with Gasteiger partial charge in [-0.3, -0.25) is 5.32 Å². The quantitative estimate of drug-likeness (QED) is 0.859. The molecular weight excluding hydrogens is 224 g/mol. The van der Waals surface area contributed by atoms with Crippen LogP contribution in [0, 0.1) is 0 Å². The van der Waals surface area contributed by atoms with Crippen LogP contribution in [0.25, 0.3) is 0 Å². The summed E-state index contributed by atoms with van der Waals surface area (Å²) in [6.45, 7) is 0.521. The van der Waals surface area contributed by atoms with E-state index in [1.165, 1.54) is 0 Å². The number of hydrogen-bond acceptors (Lipinski definition) is 2. The normalized spacial score (nSPS) is 10.1. The third-order valence-electron chi connectivity index (χ3n) is 2.22. The summed E-state index contributed by atoms with van der Waals surface area (Å²) in [5.74, 6) is 1.13. The highest BCUT2D eigenvalue weighted by Crippen LogP contribution is 2.21. The highest BCUT2D eigenvalue weighted by Gasteiger charge is 2.05. The molecule has 0 fully saturated rings. The van der Waals surface area contributed by atoms with E-state index in [0.29, 0.717) is 11.6 Å². The van der Waals surface area contributed by atoms with Gasteiger partial charge in [0.05, 0.1) is 6.20 Å². The molecule has 0 unspecified atom stereocenters. The smallest absolute Gasteiger partial charge is 0.272 e. The lowest BCUT2D eigenvalue weighted by Gasteiger charge is -2.03. The fourth-order valence-electron chi connectivity index (χ4n) is 1.39. The average molecular weight is 236 g/mol.